The van der Waals surface area contributed by atoms with Gasteiger partial charge in [0, 0.05) is 23.7 Å². The molecule has 1 heterocycles. The third kappa shape index (κ3) is 2.33. The molecule has 1 aromatic rings. The Hall–Kier alpha value is -1.00. The van der Waals surface area contributed by atoms with Crippen molar-refractivity contribution in [2.45, 2.75) is 11.4 Å². The number of thioether (sulfide) groups is 1. The summed E-state index contributed by atoms with van der Waals surface area (Å²) in [6.07, 6.45) is 0. The van der Waals surface area contributed by atoms with E-state index in [0.717, 1.165) is 12.3 Å². The average Bonchev–Trinajstić information content (AvgIpc) is 2.49. The fourth-order valence-corrected chi connectivity index (χ4v) is 2.67. The van der Waals surface area contributed by atoms with Crippen molar-refractivity contribution in [2.24, 2.45) is 0 Å². The predicted octanol–water partition coefficient (Wildman–Crippen LogP) is 0.846. The van der Waals surface area contributed by atoms with E-state index in [1.165, 1.54) is 10.5 Å². The van der Waals surface area contributed by atoms with E-state index < -0.39 is 0 Å². The van der Waals surface area contributed by atoms with Crippen molar-refractivity contribution in [3.8, 4) is 0 Å². The first-order chi connectivity index (χ1) is 7.31. The Morgan fingerprint density at radius 3 is 3.07 bits per heavy atom. The largest absolute Gasteiger partial charge is 0.438 e. The van der Waals surface area contributed by atoms with Crippen molar-refractivity contribution < 1.29 is 9.90 Å². The summed E-state index contributed by atoms with van der Waals surface area (Å²) in [6.45, 7) is 1.25. The molecule has 0 saturated heterocycles. The summed E-state index contributed by atoms with van der Waals surface area (Å²) in [6, 6.07) is 8.16. The maximum absolute atomic E-state index is 11.5. The van der Waals surface area contributed by atoms with Gasteiger partial charge in [0.25, 0.3) is 5.91 Å². The lowest BCUT2D eigenvalue weighted by Crippen LogP contribution is -2.33. The van der Waals surface area contributed by atoms with E-state index in [2.05, 4.69) is 12.1 Å². The van der Waals surface area contributed by atoms with Gasteiger partial charge in [0.2, 0.25) is 6.61 Å². The third-order valence-electron chi connectivity index (χ3n) is 2.46. The van der Waals surface area contributed by atoms with Gasteiger partial charge in [-0.2, -0.15) is 0 Å². The van der Waals surface area contributed by atoms with E-state index in [1.807, 2.05) is 12.1 Å². The van der Waals surface area contributed by atoms with Crippen molar-refractivity contribution in [1.82, 2.24) is 4.90 Å². The molecule has 0 saturated carbocycles. The van der Waals surface area contributed by atoms with Gasteiger partial charge >= 0.3 is 0 Å². The Kier molecular flexibility index (Phi) is 3.28. The lowest BCUT2D eigenvalue weighted by atomic mass is 10.2. The number of hydrogen-bond acceptors (Lipinski definition) is 2. The SMILES string of the molecule is O=C(C[OH2+])N1CCSc2ccccc2C1. The van der Waals surface area contributed by atoms with Gasteiger partial charge < -0.3 is 10.0 Å². The predicted molar refractivity (Wildman–Crippen MR) is 61.1 cm³/mol. The fourth-order valence-electron chi connectivity index (χ4n) is 1.65. The zero-order valence-corrected chi connectivity index (χ0v) is 9.22. The van der Waals surface area contributed by atoms with Crippen LogP contribution in [-0.4, -0.2) is 34.8 Å². The van der Waals surface area contributed by atoms with Crippen molar-refractivity contribution in [3.63, 3.8) is 0 Å². The standard InChI is InChI=1S/C11H13NO2S/c13-8-11(14)12-5-6-15-10-4-2-1-3-9(10)7-12/h1-4,13H,5-8H2/p+1. The maximum Gasteiger partial charge on any atom is 0.299 e. The summed E-state index contributed by atoms with van der Waals surface area (Å²) in [5.41, 5.74) is 1.20. The second-order valence-corrected chi connectivity index (χ2v) is 4.59. The van der Waals surface area contributed by atoms with Crippen LogP contribution in [0, 0.1) is 0 Å². The number of benzene rings is 1. The first-order valence-corrected chi connectivity index (χ1v) is 5.93. The lowest BCUT2D eigenvalue weighted by Gasteiger charge is -2.17. The molecule has 15 heavy (non-hydrogen) atoms. The van der Waals surface area contributed by atoms with E-state index in [1.54, 1.807) is 16.7 Å². The van der Waals surface area contributed by atoms with Gasteiger partial charge in [-0.3, -0.25) is 4.79 Å². The van der Waals surface area contributed by atoms with Gasteiger partial charge in [-0.15, -0.1) is 11.8 Å². The molecule has 4 heteroatoms. The second kappa shape index (κ2) is 4.68. The van der Waals surface area contributed by atoms with Crippen LogP contribution in [-0.2, 0) is 11.3 Å². The number of amides is 1. The highest BCUT2D eigenvalue weighted by Crippen LogP contribution is 2.26. The number of fused-ring (bicyclic) bond motifs is 1. The molecule has 2 N–H and O–H groups in total. The van der Waals surface area contributed by atoms with Crippen molar-refractivity contribution >= 4 is 17.7 Å². The molecule has 80 valence electrons. The number of carbonyl (C=O) groups excluding carboxylic acids is 1. The van der Waals surface area contributed by atoms with Crippen LogP contribution < -0.4 is 0 Å². The molecule has 3 nitrogen and oxygen atoms in total. The van der Waals surface area contributed by atoms with E-state index >= 15 is 0 Å². The number of hydrogen-bond donors (Lipinski definition) is 0. The Morgan fingerprint density at radius 1 is 1.47 bits per heavy atom. The molecule has 0 radical (unpaired) electrons. The Balaban J connectivity index is 2.21. The molecule has 0 bridgehead atoms. The highest BCUT2D eigenvalue weighted by Gasteiger charge is 2.19. The highest BCUT2D eigenvalue weighted by molar-refractivity contribution is 7.99. The molecule has 1 aliphatic rings. The topological polar surface area (TPSA) is 43.2 Å². The monoisotopic (exact) mass is 224 g/mol. The van der Waals surface area contributed by atoms with Crippen LogP contribution in [0.1, 0.15) is 5.56 Å². The van der Waals surface area contributed by atoms with Crippen LogP contribution >= 0.6 is 11.8 Å². The quantitative estimate of drug-likeness (QED) is 0.664. The van der Waals surface area contributed by atoms with E-state index in [4.69, 9.17) is 5.11 Å². The van der Waals surface area contributed by atoms with E-state index in [0.29, 0.717) is 6.54 Å². The molecule has 0 aliphatic carbocycles. The van der Waals surface area contributed by atoms with E-state index in [-0.39, 0.29) is 12.5 Å². The molecule has 1 amide bonds. The summed E-state index contributed by atoms with van der Waals surface area (Å²) in [7, 11) is 0. The number of carbonyl (C=O) groups is 1. The zero-order chi connectivity index (χ0) is 10.7. The maximum atomic E-state index is 11.5. The molecular formula is C11H14NO2S+. The highest BCUT2D eigenvalue weighted by atomic mass is 32.2. The van der Waals surface area contributed by atoms with Crippen LogP contribution in [0.2, 0.25) is 0 Å². The van der Waals surface area contributed by atoms with Crippen LogP contribution in [0.4, 0.5) is 0 Å². The van der Waals surface area contributed by atoms with Gasteiger partial charge in [0.15, 0.2) is 0 Å². The van der Waals surface area contributed by atoms with Gasteiger partial charge in [0.1, 0.15) is 0 Å². The molecule has 1 aromatic carbocycles. The van der Waals surface area contributed by atoms with Crippen molar-refractivity contribution in [2.75, 3.05) is 18.9 Å². The Bertz CT molecular complexity index is 367. The number of rotatable bonds is 1. The van der Waals surface area contributed by atoms with E-state index in [9.17, 15) is 4.79 Å². The normalized spacial score (nSPS) is 15.7. The van der Waals surface area contributed by atoms with Crippen molar-refractivity contribution in [3.05, 3.63) is 29.8 Å². The smallest absolute Gasteiger partial charge is 0.299 e. The number of nitrogens with zero attached hydrogens (tertiary/aromatic N) is 1. The minimum absolute atomic E-state index is 0.0766. The lowest BCUT2D eigenvalue weighted by molar-refractivity contribution is -0.134. The molecule has 0 unspecified atom stereocenters. The zero-order valence-electron chi connectivity index (χ0n) is 8.40. The molecule has 0 aromatic heterocycles. The summed E-state index contributed by atoms with van der Waals surface area (Å²) in [4.78, 5) is 14.5. The van der Waals surface area contributed by atoms with Crippen LogP contribution in [0.15, 0.2) is 29.2 Å². The van der Waals surface area contributed by atoms with Gasteiger partial charge in [-0.05, 0) is 11.6 Å². The summed E-state index contributed by atoms with van der Waals surface area (Å²) in [5, 5.41) is 7.10. The molecule has 1 aliphatic heterocycles. The first-order valence-electron chi connectivity index (χ1n) is 4.94. The summed E-state index contributed by atoms with van der Waals surface area (Å²) in [5.74, 6) is 0.843. The summed E-state index contributed by atoms with van der Waals surface area (Å²) < 4.78 is 0. The molecule has 0 atom stereocenters. The molecule has 0 fully saturated rings. The van der Waals surface area contributed by atoms with Crippen molar-refractivity contribution in [1.29, 1.82) is 0 Å². The second-order valence-electron chi connectivity index (χ2n) is 3.45. The summed E-state index contributed by atoms with van der Waals surface area (Å²) >= 11 is 1.79. The minimum atomic E-state index is -0.146. The van der Waals surface area contributed by atoms with Gasteiger partial charge in [-0.25, -0.2) is 0 Å². The van der Waals surface area contributed by atoms with Crippen LogP contribution in [0.3, 0.4) is 0 Å². The third-order valence-corrected chi connectivity index (χ3v) is 3.55. The average molecular weight is 224 g/mol. The van der Waals surface area contributed by atoms with Gasteiger partial charge in [-0.1, -0.05) is 18.2 Å². The first kappa shape index (κ1) is 10.5. The molecule has 0 spiro atoms. The minimum Gasteiger partial charge on any atom is -0.438 e. The molecular weight excluding hydrogens is 210 g/mol. The van der Waals surface area contributed by atoms with Gasteiger partial charge in [0.05, 0.1) is 0 Å². The Labute approximate surface area is 93.1 Å². The Morgan fingerprint density at radius 2 is 2.27 bits per heavy atom. The van der Waals surface area contributed by atoms with Crippen LogP contribution in [0.25, 0.3) is 0 Å². The molecule has 2 rings (SSSR count). The van der Waals surface area contributed by atoms with Crippen LogP contribution in [0.5, 0.6) is 0 Å². The fraction of sp³-hybridized carbons (Fsp3) is 0.364.